The van der Waals surface area contributed by atoms with Crippen molar-refractivity contribution in [2.45, 2.75) is 19.3 Å². The SMILES string of the molecule is CCOc1ccccc1NC(=O)[C@H]1CC(=O)Nc2nc(Nc3cccc(Cl)c3)[nH]c(=O)c21. The van der Waals surface area contributed by atoms with Gasteiger partial charge >= 0.3 is 0 Å². The van der Waals surface area contributed by atoms with E-state index in [4.69, 9.17) is 16.3 Å². The quantitative estimate of drug-likeness (QED) is 0.451. The summed E-state index contributed by atoms with van der Waals surface area (Å²) in [6.07, 6.45) is -0.179. The van der Waals surface area contributed by atoms with Crippen LogP contribution in [-0.4, -0.2) is 28.4 Å². The molecule has 1 aliphatic rings. The molecule has 2 heterocycles. The number of benzene rings is 2. The van der Waals surface area contributed by atoms with E-state index >= 15 is 0 Å². The van der Waals surface area contributed by atoms with Crippen LogP contribution >= 0.6 is 11.6 Å². The maximum atomic E-state index is 13.0. The number of carbonyl (C=O) groups is 2. The molecule has 9 nitrogen and oxygen atoms in total. The van der Waals surface area contributed by atoms with Gasteiger partial charge in [0.15, 0.2) is 0 Å². The molecule has 0 unspecified atom stereocenters. The fourth-order valence-corrected chi connectivity index (χ4v) is 3.62. The molecule has 2 amide bonds. The second-order valence-electron chi connectivity index (χ2n) is 7.04. The van der Waals surface area contributed by atoms with Crippen molar-refractivity contribution in [3.05, 3.63) is 69.5 Å². The van der Waals surface area contributed by atoms with Gasteiger partial charge in [0.05, 0.1) is 23.8 Å². The number of hydrogen-bond acceptors (Lipinski definition) is 6. The summed E-state index contributed by atoms with van der Waals surface area (Å²) >= 11 is 5.99. The molecule has 164 valence electrons. The van der Waals surface area contributed by atoms with E-state index in [-0.39, 0.29) is 23.8 Å². The number of hydrogen-bond donors (Lipinski definition) is 4. The molecule has 0 saturated heterocycles. The minimum atomic E-state index is -1.01. The molecule has 0 saturated carbocycles. The molecule has 1 atom stereocenters. The van der Waals surface area contributed by atoms with Crippen LogP contribution in [0, 0.1) is 0 Å². The normalized spacial score (nSPS) is 14.8. The Morgan fingerprint density at radius 3 is 2.81 bits per heavy atom. The van der Waals surface area contributed by atoms with Gasteiger partial charge in [0.25, 0.3) is 5.56 Å². The van der Waals surface area contributed by atoms with E-state index in [0.717, 1.165) is 0 Å². The van der Waals surface area contributed by atoms with Crippen LogP contribution in [0.3, 0.4) is 0 Å². The summed E-state index contributed by atoms with van der Waals surface area (Å²) in [7, 11) is 0. The lowest BCUT2D eigenvalue weighted by molar-refractivity contribution is -0.123. The lowest BCUT2D eigenvalue weighted by Gasteiger charge is -2.24. The summed E-state index contributed by atoms with van der Waals surface area (Å²) in [6.45, 7) is 2.26. The van der Waals surface area contributed by atoms with Crippen LogP contribution in [0.4, 0.5) is 23.1 Å². The predicted octanol–water partition coefficient (Wildman–Crippen LogP) is 3.63. The van der Waals surface area contributed by atoms with Gasteiger partial charge in [-0.05, 0) is 37.3 Å². The number of para-hydroxylation sites is 2. The Balaban J connectivity index is 1.63. The van der Waals surface area contributed by atoms with Gasteiger partial charge in [0.1, 0.15) is 11.6 Å². The van der Waals surface area contributed by atoms with Gasteiger partial charge in [-0.1, -0.05) is 29.8 Å². The first-order chi connectivity index (χ1) is 15.4. The molecular weight excluding hydrogens is 434 g/mol. The van der Waals surface area contributed by atoms with Crippen molar-refractivity contribution in [1.82, 2.24) is 9.97 Å². The maximum absolute atomic E-state index is 13.0. The van der Waals surface area contributed by atoms with Crippen molar-refractivity contribution in [1.29, 1.82) is 0 Å². The Kier molecular flexibility index (Phi) is 6.09. The number of nitrogens with one attached hydrogen (secondary N) is 4. The van der Waals surface area contributed by atoms with Crippen molar-refractivity contribution in [2.24, 2.45) is 0 Å². The van der Waals surface area contributed by atoms with Gasteiger partial charge in [-0.15, -0.1) is 0 Å². The van der Waals surface area contributed by atoms with E-state index in [1.54, 1.807) is 48.5 Å². The average Bonchev–Trinajstić information content (AvgIpc) is 2.74. The number of halogens is 1. The molecule has 4 rings (SSSR count). The molecule has 1 aliphatic heterocycles. The van der Waals surface area contributed by atoms with E-state index < -0.39 is 23.3 Å². The number of amides is 2. The molecule has 10 heteroatoms. The van der Waals surface area contributed by atoms with Crippen molar-refractivity contribution in [3.63, 3.8) is 0 Å². The van der Waals surface area contributed by atoms with E-state index in [9.17, 15) is 14.4 Å². The van der Waals surface area contributed by atoms with Crippen molar-refractivity contribution in [3.8, 4) is 5.75 Å². The predicted molar refractivity (Wildman–Crippen MR) is 122 cm³/mol. The molecule has 0 spiro atoms. The summed E-state index contributed by atoms with van der Waals surface area (Å²) in [5, 5.41) is 8.78. The largest absolute Gasteiger partial charge is 0.492 e. The monoisotopic (exact) mass is 453 g/mol. The number of carbonyl (C=O) groups excluding carboxylic acids is 2. The van der Waals surface area contributed by atoms with Gasteiger partial charge in [0.2, 0.25) is 17.8 Å². The van der Waals surface area contributed by atoms with Crippen LogP contribution in [0.15, 0.2) is 53.3 Å². The van der Waals surface area contributed by atoms with Crippen molar-refractivity contribution >= 4 is 46.6 Å². The molecule has 4 N–H and O–H groups in total. The molecule has 0 fully saturated rings. The summed E-state index contributed by atoms with van der Waals surface area (Å²) < 4.78 is 5.53. The molecule has 0 bridgehead atoms. The zero-order valence-electron chi connectivity index (χ0n) is 17.1. The fraction of sp³-hybridized carbons (Fsp3) is 0.182. The fourth-order valence-electron chi connectivity index (χ4n) is 3.43. The molecular formula is C22H20ClN5O4. The highest BCUT2D eigenvalue weighted by Gasteiger charge is 2.35. The first-order valence-corrected chi connectivity index (χ1v) is 10.3. The van der Waals surface area contributed by atoms with E-state index in [0.29, 0.717) is 28.8 Å². The molecule has 0 radical (unpaired) electrons. The first kappa shape index (κ1) is 21.4. The van der Waals surface area contributed by atoms with Crippen LogP contribution in [0.1, 0.15) is 24.8 Å². The lowest BCUT2D eigenvalue weighted by Crippen LogP contribution is -2.36. The minimum absolute atomic E-state index is 0.0350. The summed E-state index contributed by atoms with van der Waals surface area (Å²) in [5.74, 6) is -1.28. The number of ether oxygens (including phenoxy) is 1. The highest BCUT2D eigenvalue weighted by molar-refractivity contribution is 6.30. The van der Waals surface area contributed by atoms with Crippen molar-refractivity contribution < 1.29 is 14.3 Å². The molecule has 2 aromatic carbocycles. The van der Waals surface area contributed by atoms with E-state index in [1.165, 1.54) is 0 Å². The number of aromatic amines is 1. The van der Waals surface area contributed by atoms with Gasteiger partial charge in [-0.25, -0.2) is 0 Å². The molecule has 1 aromatic heterocycles. The smallest absolute Gasteiger partial charge is 0.258 e. The third kappa shape index (κ3) is 4.57. The highest BCUT2D eigenvalue weighted by Crippen LogP contribution is 2.32. The zero-order valence-corrected chi connectivity index (χ0v) is 17.8. The van der Waals surface area contributed by atoms with Crippen LogP contribution in [-0.2, 0) is 9.59 Å². The summed E-state index contributed by atoms with van der Waals surface area (Å²) in [5.41, 5.74) is 0.616. The van der Waals surface area contributed by atoms with Crippen LogP contribution in [0.5, 0.6) is 5.75 Å². The van der Waals surface area contributed by atoms with Gasteiger partial charge in [0, 0.05) is 17.1 Å². The lowest BCUT2D eigenvalue weighted by atomic mass is 9.92. The average molecular weight is 454 g/mol. The van der Waals surface area contributed by atoms with Gasteiger partial charge < -0.3 is 20.7 Å². The zero-order chi connectivity index (χ0) is 22.7. The number of nitrogens with zero attached hydrogens (tertiary/aromatic N) is 1. The molecule has 32 heavy (non-hydrogen) atoms. The molecule has 3 aromatic rings. The third-order valence-corrected chi connectivity index (χ3v) is 5.03. The number of H-pyrrole nitrogens is 1. The summed E-state index contributed by atoms with van der Waals surface area (Å²) in [6, 6.07) is 13.8. The third-order valence-electron chi connectivity index (χ3n) is 4.80. The van der Waals surface area contributed by atoms with Gasteiger partial charge in [-0.2, -0.15) is 4.98 Å². The Morgan fingerprint density at radius 1 is 1.22 bits per heavy atom. The number of anilines is 4. The van der Waals surface area contributed by atoms with E-state index in [2.05, 4.69) is 25.9 Å². The second kappa shape index (κ2) is 9.11. The molecule has 0 aliphatic carbocycles. The number of aromatic nitrogens is 2. The Morgan fingerprint density at radius 2 is 2.03 bits per heavy atom. The number of rotatable bonds is 6. The van der Waals surface area contributed by atoms with Crippen molar-refractivity contribution in [2.75, 3.05) is 22.6 Å². The standard InChI is InChI=1S/C22H20ClN5O4/c1-2-32-16-9-4-3-8-15(16)25-20(30)14-11-17(29)26-19-18(14)21(31)28-22(27-19)24-13-7-5-6-12(23)10-13/h3-10,14H,2,11H2,1H3,(H,25,30)(H3,24,26,27,28,29,31)/t14-/m0/s1. The maximum Gasteiger partial charge on any atom is 0.258 e. The highest BCUT2D eigenvalue weighted by atomic mass is 35.5. The second-order valence-corrected chi connectivity index (χ2v) is 7.47. The van der Waals surface area contributed by atoms with Gasteiger partial charge in [-0.3, -0.25) is 19.4 Å². The Bertz CT molecular complexity index is 1240. The first-order valence-electron chi connectivity index (χ1n) is 9.94. The topological polar surface area (TPSA) is 125 Å². The Labute approximate surface area is 188 Å². The van der Waals surface area contributed by atoms with Crippen LogP contribution in [0.2, 0.25) is 5.02 Å². The number of fused-ring (bicyclic) bond motifs is 1. The summed E-state index contributed by atoms with van der Waals surface area (Å²) in [4.78, 5) is 45.1. The minimum Gasteiger partial charge on any atom is -0.492 e. The van der Waals surface area contributed by atoms with Crippen LogP contribution < -0.4 is 26.2 Å². The van der Waals surface area contributed by atoms with E-state index in [1.807, 2.05) is 6.92 Å². The Hall–Kier alpha value is -3.85. The van der Waals surface area contributed by atoms with Crippen LogP contribution in [0.25, 0.3) is 0 Å².